The maximum Gasteiger partial charge on any atom is 0.270 e. The molecule has 2 amide bonds. The number of piperazine rings is 1. The fourth-order valence-corrected chi connectivity index (χ4v) is 4.20. The van der Waals surface area contributed by atoms with Gasteiger partial charge in [-0.25, -0.2) is 0 Å². The zero-order valence-corrected chi connectivity index (χ0v) is 18.2. The maximum atomic E-state index is 12.9. The number of para-hydroxylation sites is 1. The van der Waals surface area contributed by atoms with Gasteiger partial charge in [-0.2, -0.15) is 0 Å². The van der Waals surface area contributed by atoms with Crippen LogP contribution < -0.4 is 14.8 Å². The Kier molecular flexibility index (Phi) is 5.47. The first-order chi connectivity index (χ1) is 16.0. The lowest BCUT2D eigenvalue weighted by Gasteiger charge is -2.34. The number of benzene rings is 2. The van der Waals surface area contributed by atoms with Gasteiger partial charge in [0.2, 0.25) is 12.7 Å². The van der Waals surface area contributed by atoms with Crippen molar-refractivity contribution in [2.75, 3.05) is 44.8 Å². The lowest BCUT2D eigenvalue weighted by atomic mass is 10.1. The van der Waals surface area contributed by atoms with E-state index >= 15 is 0 Å². The number of hydrogen-bond acceptors (Lipinski definition) is 6. The third-order valence-corrected chi connectivity index (χ3v) is 5.95. The Morgan fingerprint density at radius 3 is 2.45 bits per heavy atom. The minimum Gasteiger partial charge on any atom is -0.454 e. The Morgan fingerprint density at radius 1 is 1.00 bits per heavy atom. The molecular weight excluding hydrogens is 424 g/mol. The number of hydrogen-bond donors (Lipinski definition) is 2. The van der Waals surface area contributed by atoms with Crippen molar-refractivity contribution >= 4 is 34.2 Å². The number of aromatic nitrogens is 1. The van der Waals surface area contributed by atoms with Gasteiger partial charge in [-0.15, -0.1) is 0 Å². The molecule has 0 atom stereocenters. The highest BCUT2D eigenvalue weighted by Gasteiger charge is 2.25. The summed E-state index contributed by atoms with van der Waals surface area (Å²) in [5.41, 5.74) is 2.29. The molecule has 0 spiro atoms. The van der Waals surface area contributed by atoms with E-state index < -0.39 is 0 Å². The van der Waals surface area contributed by atoms with Crippen LogP contribution in [0.1, 0.15) is 27.8 Å². The molecule has 9 heteroatoms. The van der Waals surface area contributed by atoms with Crippen molar-refractivity contribution in [2.24, 2.45) is 0 Å². The molecular formula is C24H24N4O5. The molecule has 1 aromatic heterocycles. The average Bonchev–Trinajstić information content (AvgIpc) is 3.44. The molecule has 0 unspecified atom stereocenters. The van der Waals surface area contributed by atoms with Crippen molar-refractivity contribution in [2.45, 2.75) is 6.92 Å². The second-order valence-electron chi connectivity index (χ2n) is 8.19. The van der Waals surface area contributed by atoms with Gasteiger partial charge in [0, 0.05) is 48.7 Å². The van der Waals surface area contributed by atoms with E-state index in [2.05, 4.69) is 10.3 Å². The Hall–Kier alpha value is -3.85. The number of fused-ring (bicyclic) bond motifs is 2. The summed E-state index contributed by atoms with van der Waals surface area (Å²) in [4.78, 5) is 44.5. The number of H-pyrrole nitrogens is 1. The summed E-state index contributed by atoms with van der Waals surface area (Å²) in [5.74, 6) is 0.551. The van der Waals surface area contributed by atoms with Crippen LogP contribution in [0.3, 0.4) is 0 Å². The SMILES string of the molecule is CC(=O)c1cc2c(cc1NC(=O)CN1CCN(C(=O)c3cc4ccccc4[nH]3)CC1)OCO2. The topological polar surface area (TPSA) is 104 Å². The van der Waals surface area contributed by atoms with Crippen LogP contribution in [0.5, 0.6) is 11.5 Å². The molecule has 33 heavy (non-hydrogen) atoms. The van der Waals surface area contributed by atoms with E-state index in [1.165, 1.54) is 6.92 Å². The maximum absolute atomic E-state index is 12.9. The highest BCUT2D eigenvalue weighted by molar-refractivity contribution is 6.05. The largest absolute Gasteiger partial charge is 0.454 e. The summed E-state index contributed by atoms with van der Waals surface area (Å²) in [6, 6.07) is 12.9. The van der Waals surface area contributed by atoms with Crippen molar-refractivity contribution in [3.8, 4) is 11.5 Å². The number of nitrogens with zero attached hydrogens (tertiary/aromatic N) is 2. The molecule has 2 aliphatic rings. The van der Waals surface area contributed by atoms with Gasteiger partial charge in [-0.1, -0.05) is 18.2 Å². The molecule has 0 radical (unpaired) electrons. The first kappa shape index (κ1) is 21.0. The molecule has 1 fully saturated rings. The van der Waals surface area contributed by atoms with Crippen molar-refractivity contribution < 1.29 is 23.9 Å². The number of aromatic amines is 1. The van der Waals surface area contributed by atoms with E-state index in [-0.39, 0.29) is 30.9 Å². The quantitative estimate of drug-likeness (QED) is 0.582. The molecule has 1 saturated heterocycles. The van der Waals surface area contributed by atoms with Crippen LogP contribution in [-0.4, -0.2) is 71.9 Å². The standard InChI is InChI=1S/C24H24N4O5/c1-15(29)17-11-21-22(33-14-32-21)12-19(17)26-23(30)13-27-6-8-28(9-7-27)24(31)20-10-16-4-2-3-5-18(16)25-20/h2-5,10-12,25H,6-9,13-14H2,1H3,(H,26,30). The number of nitrogens with one attached hydrogen (secondary N) is 2. The Labute approximate surface area is 190 Å². The summed E-state index contributed by atoms with van der Waals surface area (Å²) < 4.78 is 10.7. The van der Waals surface area contributed by atoms with E-state index in [1.54, 1.807) is 17.0 Å². The molecule has 0 bridgehead atoms. The second-order valence-corrected chi connectivity index (χ2v) is 8.19. The van der Waals surface area contributed by atoms with Gasteiger partial charge in [0.05, 0.1) is 12.2 Å². The van der Waals surface area contributed by atoms with Gasteiger partial charge >= 0.3 is 0 Å². The first-order valence-corrected chi connectivity index (χ1v) is 10.8. The fraction of sp³-hybridized carbons (Fsp3) is 0.292. The predicted octanol–water partition coefficient (Wildman–Crippen LogP) is 2.50. The minimum absolute atomic E-state index is 0.0400. The van der Waals surface area contributed by atoms with Crippen LogP contribution in [0.15, 0.2) is 42.5 Å². The van der Waals surface area contributed by atoms with Gasteiger partial charge in [-0.3, -0.25) is 19.3 Å². The van der Waals surface area contributed by atoms with E-state index in [0.717, 1.165) is 10.9 Å². The summed E-state index contributed by atoms with van der Waals surface area (Å²) in [5, 5.41) is 3.83. The third kappa shape index (κ3) is 4.27. The number of Topliss-reactive ketones (excluding diaryl/α,β-unsaturated/α-hetero) is 1. The summed E-state index contributed by atoms with van der Waals surface area (Å²) in [6.07, 6.45) is 0. The van der Waals surface area contributed by atoms with Gasteiger partial charge in [0.1, 0.15) is 5.69 Å². The highest BCUT2D eigenvalue weighted by atomic mass is 16.7. The summed E-state index contributed by atoms with van der Waals surface area (Å²) in [7, 11) is 0. The molecule has 0 saturated carbocycles. The van der Waals surface area contributed by atoms with Crippen molar-refractivity contribution in [1.82, 2.24) is 14.8 Å². The highest BCUT2D eigenvalue weighted by Crippen LogP contribution is 2.37. The number of carbonyl (C=O) groups is 3. The second kappa shape index (κ2) is 8.59. The van der Waals surface area contributed by atoms with Gasteiger partial charge in [0.25, 0.3) is 5.91 Å². The summed E-state index contributed by atoms with van der Waals surface area (Å²) in [6.45, 7) is 3.93. The zero-order valence-electron chi connectivity index (χ0n) is 18.2. The molecule has 3 heterocycles. The number of ketones is 1. The van der Waals surface area contributed by atoms with Crippen LogP contribution in [0.4, 0.5) is 5.69 Å². The average molecular weight is 448 g/mol. The number of amides is 2. The van der Waals surface area contributed by atoms with Crippen LogP contribution in [-0.2, 0) is 4.79 Å². The monoisotopic (exact) mass is 448 g/mol. The zero-order chi connectivity index (χ0) is 22.9. The van der Waals surface area contributed by atoms with Gasteiger partial charge in [0.15, 0.2) is 17.3 Å². The predicted molar refractivity (Wildman–Crippen MR) is 122 cm³/mol. The van der Waals surface area contributed by atoms with Gasteiger partial charge < -0.3 is 24.7 Å². The molecule has 0 aliphatic carbocycles. The van der Waals surface area contributed by atoms with E-state index in [4.69, 9.17) is 9.47 Å². The number of anilines is 1. The lowest BCUT2D eigenvalue weighted by Crippen LogP contribution is -2.50. The van der Waals surface area contributed by atoms with Crippen LogP contribution >= 0.6 is 0 Å². The fourth-order valence-electron chi connectivity index (χ4n) is 4.20. The van der Waals surface area contributed by atoms with Crippen molar-refractivity contribution in [1.29, 1.82) is 0 Å². The summed E-state index contributed by atoms with van der Waals surface area (Å²) >= 11 is 0. The van der Waals surface area contributed by atoms with E-state index in [0.29, 0.717) is 54.6 Å². The van der Waals surface area contributed by atoms with E-state index in [1.807, 2.05) is 35.2 Å². The first-order valence-electron chi connectivity index (χ1n) is 10.8. The van der Waals surface area contributed by atoms with Crippen LogP contribution in [0.2, 0.25) is 0 Å². The van der Waals surface area contributed by atoms with Crippen molar-refractivity contribution in [3.05, 3.63) is 53.7 Å². The molecule has 2 aromatic carbocycles. The van der Waals surface area contributed by atoms with Crippen molar-refractivity contribution in [3.63, 3.8) is 0 Å². The van der Waals surface area contributed by atoms with E-state index in [9.17, 15) is 14.4 Å². The smallest absolute Gasteiger partial charge is 0.270 e. The molecule has 3 aromatic rings. The van der Waals surface area contributed by atoms with Crippen LogP contribution in [0, 0.1) is 0 Å². The molecule has 2 aliphatic heterocycles. The molecule has 170 valence electrons. The Balaban J connectivity index is 1.18. The minimum atomic E-state index is -0.230. The van der Waals surface area contributed by atoms with Crippen LogP contribution in [0.25, 0.3) is 10.9 Å². The Morgan fingerprint density at radius 2 is 1.73 bits per heavy atom. The molecule has 5 rings (SSSR count). The lowest BCUT2D eigenvalue weighted by molar-refractivity contribution is -0.117. The number of ether oxygens (including phenoxy) is 2. The Bertz CT molecular complexity index is 1210. The molecule has 2 N–H and O–H groups in total. The van der Waals surface area contributed by atoms with Gasteiger partial charge in [-0.05, 0) is 25.1 Å². The molecule has 9 nitrogen and oxygen atoms in total. The normalized spacial score (nSPS) is 15.6. The number of carbonyl (C=O) groups excluding carboxylic acids is 3. The third-order valence-electron chi connectivity index (χ3n) is 5.95. The number of rotatable bonds is 5.